The molecule has 0 bridgehead atoms. The quantitative estimate of drug-likeness (QED) is 0.830. The number of benzene rings is 1. The Morgan fingerprint density at radius 3 is 2.50 bits per heavy atom. The molecule has 2 aliphatic rings. The average Bonchev–Trinajstić information content (AvgIpc) is 2.98. The van der Waals surface area contributed by atoms with Crippen LogP contribution in [-0.4, -0.2) is 23.1 Å². The number of hydrogen-bond acceptors (Lipinski definition) is 3. The number of ether oxygens (including phenoxy) is 1. The molecule has 0 atom stereocenters. The van der Waals surface area contributed by atoms with E-state index in [2.05, 4.69) is 5.32 Å². The van der Waals surface area contributed by atoms with E-state index >= 15 is 0 Å². The van der Waals surface area contributed by atoms with Crippen molar-refractivity contribution in [3.05, 3.63) is 24.0 Å². The molecule has 2 saturated carbocycles. The van der Waals surface area contributed by atoms with E-state index in [-0.39, 0.29) is 18.3 Å². The Morgan fingerprint density at radius 1 is 1.25 bits per heavy atom. The van der Waals surface area contributed by atoms with Crippen LogP contribution in [0.1, 0.15) is 51.4 Å². The number of carbonyl (C=O) groups excluding carboxylic acids is 1. The fourth-order valence-corrected chi connectivity index (χ4v) is 3.44. The summed E-state index contributed by atoms with van der Waals surface area (Å²) in [7, 11) is 0. The molecule has 130 valence electrons. The number of rotatable bonds is 6. The SMILES string of the molecule is O=C(CC1(C(=O)O)CCC1)Nc1ccc(OC2CCCC2)c(F)c1. The second-order valence-corrected chi connectivity index (χ2v) is 6.83. The molecule has 0 spiro atoms. The first-order valence-corrected chi connectivity index (χ1v) is 8.48. The van der Waals surface area contributed by atoms with Gasteiger partial charge >= 0.3 is 5.97 Å². The van der Waals surface area contributed by atoms with Crippen molar-refractivity contribution in [2.75, 3.05) is 5.32 Å². The van der Waals surface area contributed by atoms with Crippen LogP contribution in [0.3, 0.4) is 0 Å². The summed E-state index contributed by atoms with van der Waals surface area (Å²) in [5.41, 5.74) is -0.634. The van der Waals surface area contributed by atoms with E-state index in [4.69, 9.17) is 4.74 Å². The maximum atomic E-state index is 14.1. The van der Waals surface area contributed by atoms with Crippen LogP contribution in [0.5, 0.6) is 5.75 Å². The molecule has 5 nitrogen and oxygen atoms in total. The van der Waals surface area contributed by atoms with Crippen molar-refractivity contribution in [2.45, 2.75) is 57.5 Å². The van der Waals surface area contributed by atoms with Crippen molar-refractivity contribution < 1.29 is 23.8 Å². The van der Waals surface area contributed by atoms with Gasteiger partial charge in [0.2, 0.25) is 5.91 Å². The van der Waals surface area contributed by atoms with Gasteiger partial charge in [-0.15, -0.1) is 0 Å². The number of hydrogen-bond donors (Lipinski definition) is 2. The molecule has 2 N–H and O–H groups in total. The summed E-state index contributed by atoms with van der Waals surface area (Å²) in [5, 5.41) is 11.8. The molecule has 0 radical (unpaired) electrons. The third-order valence-electron chi connectivity index (χ3n) is 5.07. The normalized spacial score (nSPS) is 19.5. The van der Waals surface area contributed by atoms with Gasteiger partial charge in [-0.05, 0) is 50.7 Å². The van der Waals surface area contributed by atoms with E-state index in [1.807, 2.05) is 0 Å². The van der Waals surface area contributed by atoms with Gasteiger partial charge in [-0.1, -0.05) is 6.42 Å². The van der Waals surface area contributed by atoms with Crippen LogP contribution in [0.4, 0.5) is 10.1 Å². The number of carboxylic acids is 1. The van der Waals surface area contributed by atoms with E-state index in [0.29, 0.717) is 18.5 Å². The second kappa shape index (κ2) is 6.79. The van der Waals surface area contributed by atoms with Crippen molar-refractivity contribution >= 4 is 17.6 Å². The molecule has 0 saturated heterocycles. The first-order chi connectivity index (χ1) is 11.5. The van der Waals surface area contributed by atoms with Crippen molar-refractivity contribution in [2.24, 2.45) is 5.41 Å². The van der Waals surface area contributed by atoms with Crippen LogP contribution in [0, 0.1) is 11.2 Å². The summed E-state index contributed by atoms with van der Waals surface area (Å²) in [6, 6.07) is 4.31. The van der Waals surface area contributed by atoms with Gasteiger partial charge < -0.3 is 15.2 Å². The lowest BCUT2D eigenvalue weighted by atomic mass is 9.66. The van der Waals surface area contributed by atoms with Crippen molar-refractivity contribution in [1.82, 2.24) is 0 Å². The van der Waals surface area contributed by atoms with Gasteiger partial charge in [0.25, 0.3) is 0 Å². The number of amides is 1. The highest BCUT2D eigenvalue weighted by Crippen LogP contribution is 2.44. The van der Waals surface area contributed by atoms with Gasteiger partial charge in [-0.25, -0.2) is 4.39 Å². The molecule has 24 heavy (non-hydrogen) atoms. The zero-order valence-corrected chi connectivity index (χ0v) is 13.5. The molecule has 2 fully saturated rings. The molecule has 1 aromatic carbocycles. The van der Waals surface area contributed by atoms with E-state index in [9.17, 15) is 19.1 Å². The zero-order chi connectivity index (χ0) is 17.2. The summed E-state index contributed by atoms with van der Waals surface area (Å²) in [6.45, 7) is 0. The Kier molecular flexibility index (Phi) is 4.73. The highest BCUT2D eigenvalue weighted by atomic mass is 19.1. The minimum atomic E-state index is -0.950. The monoisotopic (exact) mass is 335 g/mol. The Bertz CT molecular complexity index is 636. The van der Waals surface area contributed by atoms with Gasteiger partial charge in [0.1, 0.15) is 0 Å². The number of halogens is 1. The Hall–Kier alpha value is -2.11. The number of carboxylic acid groups (broad SMARTS) is 1. The minimum absolute atomic E-state index is 0.0639. The molecule has 2 aliphatic carbocycles. The molecule has 1 aromatic rings. The van der Waals surface area contributed by atoms with Crippen LogP contribution in [0.25, 0.3) is 0 Å². The molecule has 0 aromatic heterocycles. The first kappa shape index (κ1) is 16.7. The van der Waals surface area contributed by atoms with E-state index < -0.39 is 23.1 Å². The lowest BCUT2D eigenvalue weighted by Gasteiger charge is -2.36. The van der Waals surface area contributed by atoms with Gasteiger partial charge in [0.05, 0.1) is 11.5 Å². The van der Waals surface area contributed by atoms with Crippen LogP contribution in [0.2, 0.25) is 0 Å². The van der Waals surface area contributed by atoms with E-state index in [0.717, 1.165) is 32.1 Å². The molecule has 0 unspecified atom stereocenters. The zero-order valence-electron chi connectivity index (χ0n) is 13.5. The van der Waals surface area contributed by atoms with Crippen LogP contribution >= 0.6 is 0 Å². The summed E-state index contributed by atoms with van der Waals surface area (Å²) in [6.07, 6.45) is 5.92. The Morgan fingerprint density at radius 2 is 1.96 bits per heavy atom. The first-order valence-electron chi connectivity index (χ1n) is 8.48. The van der Waals surface area contributed by atoms with E-state index in [1.165, 1.54) is 12.1 Å². The van der Waals surface area contributed by atoms with Gasteiger partial charge in [0.15, 0.2) is 11.6 Å². The minimum Gasteiger partial charge on any atom is -0.487 e. The molecule has 3 rings (SSSR count). The number of carbonyl (C=O) groups is 2. The number of anilines is 1. The topological polar surface area (TPSA) is 75.6 Å². The van der Waals surface area contributed by atoms with Gasteiger partial charge in [-0.3, -0.25) is 9.59 Å². The summed E-state index contributed by atoms with van der Waals surface area (Å²) < 4.78 is 19.8. The third-order valence-corrected chi connectivity index (χ3v) is 5.07. The molecular formula is C18H22FNO4. The smallest absolute Gasteiger partial charge is 0.310 e. The second-order valence-electron chi connectivity index (χ2n) is 6.83. The predicted octanol–water partition coefficient (Wildman–Crippen LogP) is 3.73. The Labute approximate surface area is 140 Å². The fourth-order valence-electron chi connectivity index (χ4n) is 3.44. The third kappa shape index (κ3) is 3.52. The molecule has 0 aliphatic heterocycles. The number of nitrogens with one attached hydrogen (secondary N) is 1. The standard InChI is InChI=1S/C18H22FNO4/c19-14-10-12(6-7-15(14)24-13-4-1-2-5-13)20-16(21)11-18(17(22)23)8-3-9-18/h6-7,10,13H,1-5,8-9,11H2,(H,20,21)(H,22,23). The molecule has 0 heterocycles. The maximum absolute atomic E-state index is 14.1. The van der Waals surface area contributed by atoms with Crippen molar-refractivity contribution in [1.29, 1.82) is 0 Å². The van der Waals surface area contributed by atoms with Crippen molar-refractivity contribution in [3.8, 4) is 5.75 Å². The van der Waals surface area contributed by atoms with Crippen LogP contribution in [0.15, 0.2) is 18.2 Å². The Balaban J connectivity index is 1.59. The van der Waals surface area contributed by atoms with E-state index in [1.54, 1.807) is 6.07 Å². The highest BCUT2D eigenvalue weighted by Gasteiger charge is 2.45. The van der Waals surface area contributed by atoms with Gasteiger partial charge in [0, 0.05) is 18.2 Å². The van der Waals surface area contributed by atoms with Crippen LogP contribution < -0.4 is 10.1 Å². The summed E-state index contributed by atoms with van der Waals surface area (Å²) in [4.78, 5) is 23.4. The van der Waals surface area contributed by atoms with Crippen LogP contribution in [-0.2, 0) is 9.59 Å². The fraction of sp³-hybridized carbons (Fsp3) is 0.556. The lowest BCUT2D eigenvalue weighted by Crippen LogP contribution is -2.41. The van der Waals surface area contributed by atoms with Crippen molar-refractivity contribution in [3.63, 3.8) is 0 Å². The predicted molar refractivity (Wildman–Crippen MR) is 86.5 cm³/mol. The summed E-state index contributed by atoms with van der Waals surface area (Å²) in [5.74, 6) is -1.66. The molecule has 1 amide bonds. The largest absolute Gasteiger partial charge is 0.487 e. The molecular weight excluding hydrogens is 313 g/mol. The molecule has 6 heteroatoms. The lowest BCUT2D eigenvalue weighted by molar-refractivity contribution is -0.157. The summed E-state index contributed by atoms with van der Waals surface area (Å²) >= 11 is 0. The highest BCUT2D eigenvalue weighted by molar-refractivity contribution is 5.94. The maximum Gasteiger partial charge on any atom is 0.310 e. The average molecular weight is 335 g/mol. The van der Waals surface area contributed by atoms with Gasteiger partial charge in [-0.2, -0.15) is 0 Å². The number of aliphatic carboxylic acids is 1.